The van der Waals surface area contributed by atoms with Gasteiger partial charge in [-0.25, -0.2) is 0 Å². The molecule has 3 aromatic carbocycles. The molecule has 124 valence electrons. The van der Waals surface area contributed by atoms with Gasteiger partial charge in [0.2, 0.25) is 0 Å². The first-order valence-electron chi connectivity index (χ1n) is 8.77. The third-order valence-corrected chi connectivity index (χ3v) is 5.37. The van der Waals surface area contributed by atoms with Crippen LogP contribution in [0.2, 0.25) is 0 Å². The van der Waals surface area contributed by atoms with Gasteiger partial charge in [-0.2, -0.15) is 0 Å². The maximum absolute atomic E-state index is 6.08. The fourth-order valence-corrected chi connectivity index (χ4v) is 3.89. The minimum atomic E-state index is 0.142. The van der Waals surface area contributed by atoms with E-state index in [1.165, 1.54) is 38.1 Å². The van der Waals surface area contributed by atoms with Crippen LogP contribution in [-0.4, -0.2) is 4.57 Å². The second-order valence-corrected chi connectivity index (χ2v) is 8.00. The van der Waals surface area contributed by atoms with E-state index in [-0.39, 0.29) is 5.41 Å². The zero-order valence-corrected chi connectivity index (χ0v) is 15.1. The van der Waals surface area contributed by atoms with Crippen molar-refractivity contribution in [3.63, 3.8) is 0 Å². The highest BCUT2D eigenvalue weighted by atomic mass is 16.3. The predicted octanol–water partition coefficient (Wildman–Crippen LogP) is 6.53. The molecule has 0 atom stereocenters. The molecule has 0 unspecified atom stereocenters. The molecule has 5 rings (SSSR count). The topological polar surface area (TPSA) is 18.1 Å². The first-order chi connectivity index (χ1) is 11.9. The van der Waals surface area contributed by atoms with E-state index in [0.29, 0.717) is 0 Å². The molecule has 5 aromatic rings. The van der Waals surface area contributed by atoms with Crippen molar-refractivity contribution >= 4 is 43.7 Å². The Hall–Kier alpha value is -2.74. The van der Waals surface area contributed by atoms with E-state index in [0.717, 1.165) is 11.2 Å². The molecule has 0 saturated heterocycles. The summed E-state index contributed by atoms with van der Waals surface area (Å²) in [6.07, 6.45) is 0. The van der Waals surface area contributed by atoms with E-state index in [9.17, 15) is 0 Å². The highest BCUT2D eigenvalue weighted by molar-refractivity contribution is 6.16. The third-order valence-electron chi connectivity index (χ3n) is 5.37. The van der Waals surface area contributed by atoms with Gasteiger partial charge in [0.25, 0.3) is 0 Å². The number of para-hydroxylation sites is 1. The number of hydrogen-bond donors (Lipinski definition) is 0. The SMILES string of the molecule is Cn1c2ccc(C(C)(C)C)cc2c2cc3c(cc21)oc1ccccc13. The Balaban J connectivity index is 1.96. The lowest BCUT2D eigenvalue weighted by Crippen LogP contribution is -2.10. The van der Waals surface area contributed by atoms with E-state index in [1.807, 2.05) is 12.1 Å². The predicted molar refractivity (Wildman–Crippen MR) is 106 cm³/mol. The van der Waals surface area contributed by atoms with Crippen LogP contribution in [0.5, 0.6) is 0 Å². The second-order valence-electron chi connectivity index (χ2n) is 8.00. The maximum atomic E-state index is 6.08. The zero-order valence-electron chi connectivity index (χ0n) is 15.1. The molecule has 2 nitrogen and oxygen atoms in total. The van der Waals surface area contributed by atoms with Crippen LogP contribution in [0, 0.1) is 0 Å². The lowest BCUT2D eigenvalue weighted by molar-refractivity contribution is 0.591. The lowest BCUT2D eigenvalue weighted by Gasteiger charge is -2.19. The Morgan fingerprint density at radius 3 is 2.28 bits per heavy atom. The summed E-state index contributed by atoms with van der Waals surface area (Å²) in [5, 5.41) is 4.99. The summed E-state index contributed by atoms with van der Waals surface area (Å²) in [4.78, 5) is 0. The molecule has 0 aliphatic rings. The summed E-state index contributed by atoms with van der Waals surface area (Å²) in [5.41, 5.74) is 5.89. The Morgan fingerprint density at radius 1 is 0.720 bits per heavy atom. The summed E-state index contributed by atoms with van der Waals surface area (Å²) in [7, 11) is 2.13. The average Bonchev–Trinajstić information content (AvgIpc) is 3.08. The Bertz CT molecular complexity index is 1280. The number of hydrogen-bond acceptors (Lipinski definition) is 1. The molecule has 2 heteroatoms. The van der Waals surface area contributed by atoms with Crippen molar-refractivity contribution in [3.05, 3.63) is 60.2 Å². The minimum Gasteiger partial charge on any atom is -0.456 e. The average molecular weight is 327 g/mol. The molecular weight excluding hydrogens is 306 g/mol. The molecule has 0 spiro atoms. The van der Waals surface area contributed by atoms with Crippen molar-refractivity contribution in [1.82, 2.24) is 4.57 Å². The highest BCUT2D eigenvalue weighted by Crippen LogP contribution is 2.37. The quantitative estimate of drug-likeness (QED) is 0.316. The number of fused-ring (bicyclic) bond motifs is 6. The summed E-state index contributed by atoms with van der Waals surface area (Å²) in [6, 6.07) is 19.6. The molecule has 2 heterocycles. The van der Waals surface area contributed by atoms with Crippen LogP contribution >= 0.6 is 0 Å². The van der Waals surface area contributed by atoms with Crippen LogP contribution in [0.1, 0.15) is 26.3 Å². The van der Waals surface area contributed by atoms with Gasteiger partial charge in [-0.15, -0.1) is 0 Å². The Kier molecular flexibility index (Phi) is 2.72. The number of benzene rings is 3. The molecule has 0 N–H and O–H groups in total. The molecular formula is C23H21NO. The molecule has 2 aromatic heterocycles. The Morgan fingerprint density at radius 2 is 1.48 bits per heavy atom. The lowest BCUT2D eigenvalue weighted by atomic mass is 9.86. The fraction of sp³-hybridized carbons (Fsp3) is 0.217. The van der Waals surface area contributed by atoms with Crippen LogP contribution in [0.25, 0.3) is 43.7 Å². The molecule has 0 bridgehead atoms. The van der Waals surface area contributed by atoms with E-state index < -0.39 is 0 Å². The molecule has 25 heavy (non-hydrogen) atoms. The van der Waals surface area contributed by atoms with Crippen molar-refractivity contribution in [2.24, 2.45) is 7.05 Å². The van der Waals surface area contributed by atoms with Crippen molar-refractivity contribution in [3.8, 4) is 0 Å². The third kappa shape index (κ3) is 1.97. The number of furan rings is 1. The fourth-order valence-electron chi connectivity index (χ4n) is 3.89. The van der Waals surface area contributed by atoms with Gasteiger partial charge in [-0.3, -0.25) is 0 Å². The van der Waals surface area contributed by atoms with Gasteiger partial charge in [0.15, 0.2) is 0 Å². The van der Waals surface area contributed by atoms with Crippen molar-refractivity contribution in [1.29, 1.82) is 0 Å². The van der Waals surface area contributed by atoms with E-state index in [4.69, 9.17) is 4.42 Å². The van der Waals surface area contributed by atoms with Gasteiger partial charge in [-0.1, -0.05) is 45.0 Å². The van der Waals surface area contributed by atoms with E-state index in [2.05, 4.69) is 74.9 Å². The zero-order chi connectivity index (χ0) is 17.3. The van der Waals surface area contributed by atoms with Gasteiger partial charge >= 0.3 is 0 Å². The molecule has 0 amide bonds. The van der Waals surface area contributed by atoms with Crippen molar-refractivity contribution in [2.45, 2.75) is 26.2 Å². The highest BCUT2D eigenvalue weighted by Gasteiger charge is 2.18. The summed E-state index contributed by atoms with van der Waals surface area (Å²) in [6.45, 7) is 6.79. The van der Waals surface area contributed by atoms with Gasteiger partial charge in [0.05, 0.1) is 5.52 Å². The van der Waals surface area contributed by atoms with Crippen LogP contribution < -0.4 is 0 Å². The smallest absolute Gasteiger partial charge is 0.137 e. The van der Waals surface area contributed by atoms with Crippen LogP contribution in [-0.2, 0) is 12.5 Å². The maximum Gasteiger partial charge on any atom is 0.137 e. The Labute approximate surface area is 146 Å². The molecule has 0 fully saturated rings. The summed E-state index contributed by atoms with van der Waals surface area (Å²) >= 11 is 0. The normalized spacial score (nSPS) is 12.8. The molecule has 0 saturated carbocycles. The number of rotatable bonds is 0. The van der Waals surface area contributed by atoms with Crippen LogP contribution in [0.15, 0.2) is 59.0 Å². The van der Waals surface area contributed by atoms with Gasteiger partial charge in [0, 0.05) is 40.2 Å². The number of nitrogens with zero attached hydrogens (tertiary/aromatic N) is 1. The molecule has 0 aliphatic carbocycles. The number of aromatic nitrogens is 1. The van der Waals surface area contributed by atoms with Crippen LogP contribution in [0.4, 0.5) is 0 Å². The standard InChI is InChI=1S/C23H21NO/c1-23(2,3)14-9-10-19-16(11-14)17-12-18-15-7-5-6-8-21(15)25-22(18)13-20(17)24(19)4/h5-13H,1-4H3. The first kappa shape index (κ1) is 14.6. The molecule has 0 radical (unpaired) electrons. The van der Waals surface area contributed by atoms with Gasteiger partial charge < -0.3 is 8.98 Å². The molecule has 0 aliphatic heterocycles. The van der Waals surface area contributed by atoms with Crippen molar-refractivity contribution < 1.29 is 4.42 Å². The summed E-state index contributed by atoms with van der Waals surface area (Å²) in [5.74, 6) is 0. The second kappa shape index (κ2) is 4.66. The monoisotopic (exact) mass is 327 g/mol. The van der Waals surface area contributed by atoms with Crippen molar-refractivity contribution in [2.75, 3.05) is 0 Å². The number of aryl methyl sites for hydroxylation is 1. The van der Waals surface area contributed by atoms with Gasteiger partial charge in [0.1, 0.15) is 11.2 Å². The van der Waals surface area contributed by atoms with Gasteiger partial charge in [-0.05, 0) is 35.2 Å². The summed E-state index contributed by atoms with van der Waals surface area (Å²) < 4.78 is 8.34. The van der Waals surface area contributed by atoms with Crippen LogP contribution in [0.3, 0.4) is 0 Å². The van der Waals surface area contributed by atoms with E-state index >= 15 is 0 Å². The minimum absolute atomic E-state index is 0.142. The first-order valence-corrected chi connectivity index (χ1v) is 8.77. The van der Waals surface area contributed by atoms with E-state index in [1.54, 1.807) is 0 Å². The largest absolute Gasteiger partial charge is 0.456 e.